The highest BCUT2D eigenvalue weighted by Crippen LogP contribution is 2.47. The summed E-state index contributed by atoms with van der Waals surface area (Å²) in [5.74, 6) is -2.03. The zero-order valence-corrected chi connectivity index (χ0v) is 23.8. The van der Waals surface area contributed by atoms with E-state index in [4.69, 9.17) is 9.47 Å². The van der Waals surface area contributed by atoms with Crippen LogP contribution in [0.1, 0.15) is 20.7 Å². The zero-order chi connectivity index (χ0) is 28.8. The van der Waals surface area contributed by atoms with E-state index in [1.54, 1.807) is 90.0 Å². The summed E-state index contributed by atoms with van der Waals surface area (Å²) >= 11 is 3.44. The number of hydrogen-bond donors (Lipinski definition) is 0. The van der Waals surface area contributed by atoms with Gasteiger partial charge >= 0.3 is 0 Å². The molecular formula is C32H25BrN2O6. The second-order valence-electron chi connectivity index (χ2n) is 9.99. The van der Waals surface area contributed by atoms with Gasteiger partial charge in [-0.1, -0.05) is 36.4 Å². The highest BCUT2D eigenvalue weighted by atomic mass is 79.9. The lowest BCUT2D eigenvalue weighted by molar-refractivity contribution is -0.123. The largest absolute Gasteiger partial charge is 0.497 e. The number of allylic oxidation sites excluding steroid dienone is 2. The molecule has 3 aliphatic heterocycles. The van der Waals surface area contributed by atoms with Gasteiger partial charge in [-0.15, -0.1) is 0 Å². The normalized spacial score (nSPS) is 22.8. The molecule has 3 heterocycles. The maximum absolute atomic E-state index is 14.1. The first-order valence-corrected chi connectivity index (χ1v) is 13.8. The number of anilines is 1. The van der Waals surface area contributed by atoms with Crippen molar-refractivity contribution >= 4 is 45.0 Å². The number of carbonyl (C=O) groups is 4. The first kappa shape index (κ1) is 26.7. The Morgan fingerprint density at radius 1 is 0.829 bits per heavy atom. The lowest BCUT2D eigenvalue weighted by Crippen LogP contribution is -2.46. The molecular weight excluding hydrogens is 588 g/mol. The van der Waals surface area contributed by atoms with E-state index in [9.17, 15) is 19.2 Å². The molecule has 0 unspecified atom stereocenters. The molecule has 9 heteroatoms. The van der Waals surface area contributed by atoms with Gasteiger partial charge < -0.3 is 14.4 Å². The lowest BCUT2D eigenvalue weighted by Gasteiger charge is -2.33. The molecule has 6 rings (SSSR count). The second kappa shape index (κ2) is 10.5. The summed E-state index contributed by atoms with van der Waals surface area (Å²) in [6.07, 6.45) is 5.03. The summed E-state index contributed by atoms with van der Waals surface area (Å²) in [6, 6.07) is 18.8. The minimum absolute atomic E-state index is 0.198. The fourth-order valence-corrected chi connectivity index (χ4v) is 6.47. The summed E-state index contributed by atoms with van der Waals surface area (Å²) in [6.45, 7) is 0. The minimum Gasteiger partial charge on any atom is -0.497 e. The van der Waals surface area contributed by atoms with E-state index in [2.05, 4.69) is 15.9 Å². The monoisotopic (exact) mass is 612 g/mol. The molecule has 8 nitrogen and oxygen atoms in total. The first-order valence-electron chi connectivity index (χ1n) is 13.0. The number of methoxy groups -OCH3 is 2. The number of Topliss-reactive ketones (excluding diaryl/α,β-unsaturated/α-hetero) is 2. The Morgan fingerprint density at radius 2 is 1.54 bits per heavy atom. The Labute approximate surface area is 245 Å². The molecule has 0 bridgehead atoms. The van der Waals surface area contributed by atoms with Crippen molar-refractivity contribution in [1.29, 1.82) is 0 Å². The number of ketones is 2. The van der Waals surface area contributed by atoms with Crippen LogP contribution in [0.15, 0.2) is 101 Å². The van der Waals surface area contributed by atoms with Crippen LogP contribution in [0.4, 0.5) is 5.69 Å². The van der Waals surface area contributed by atoms with E-state index in [1.807, 2.05) is 6.07 Å². The van der Waals surface area contributed by atoms with Crippen molar-refractivity contribution in [2.45, 2.75) is 12.1 Å². The van der Waals surface area contributed by atoms with E-state index < -0.39 is 35.7 Å². The van der Waals surface area contributed by atoms with Crippen LogP contribution in [0.5, 0.6) is 11.5 Å². The molecule has 41 heavy (non-hydrogen) atoms. The zero-order valence-electron chi connectivity index (χ0n) is 22.2. The number of amides is 2. The molecule has 2 amide bonds. The Balaban J connectivity index is 1.42. The second-order valence-corrected chi connectivity index (χ2v) is 10.8. The molecule has 2 saturated heterocycles. The van der Waals surface area contributed by atoms with Gasteiger partial charge in [-0.25, -0.2) is 4.90 Å². The fraction of sp³-hybridized carbons (Fsp3) is 0.188. The lowest BCUT2D eigenvalue weighted by atomic mass is 9.85. The van der Waals surface area contributed by atoms with Crippen LogP contribution in [-0.2, 0) is 9.59 Å². The van der Waals surface area contributed by atoms with Gasteiger partial charge in [-0.2, -0.15) is 0 Å². The molecule has 3 aliphatic rings. The van der Waals surface area contributed by atoms with Gasteiger partial charge in [-0.3, -0.25) is 19.2 Å². The van der Waals surface area contributed by atoms with Crippen molar-refractivity contribution in [2.75, 3.05) is 19.1 Å². The van der Waals surface area contributed by atoms with Gasteiger partial charge in [0.15, 0.2) is 11.6 Å². The molecule has 0 N–H and O–H groups in total. The van der Waals surface area contributed by atoms with E-state index in [1.165, 1.54) is 14.2 Å². The van der Waals surface area contributed by atoms with Crippen LogP contribution < -0.4 is 14.4 Å². The van der Waals surface area contributed by atoms with Crippen LogP contribution in [-0.4, -0.2) is 54.6 Å². The summed E-state index contributed by atoms with van der Waals surface area (Å²) in [5, 5.41) is 0. The van der Waals surface area contributed by atoms with Gasteiger partial charge in [0.2, 0.25) is 11.8 Å². The van der Waals surface area contributed by atoms with Gasteiger partial charge in [-0.05, 0) is 64.5 Å². The first-order chi connectivity index (χ1) is 19.8. The van der Waals surface area contributed by atoms with Crippen molar-refractivity contribution in [3.05, 3.63) is 112 Å². The Hall–Kier alpha value is -4.50. The highest BCUT2D eigenvalue weighted by molar-refractivity contribution is 9.10. The Kier molecular flexibility index (Phi) is 6.83. The molecule has 0 aliphatic carbocycles. The summed E-state index contributed by atoms with van der Waals surface area (Å²) in [5.41, 5.74) is 1.68. The number of halogens is 1. The standard InChI is InChI=1S/C32H25BrN2O6/c1-40-22-11-9-21(10-12-22)35-31(38)26-24-17-20(29(36)18-6-4-3-5-7-18)14-15-34(24)28(27(26)32(35)39)30(37)19-8-13-25(41-2)23(33)16-19/h3-17,24,26-28H,1-2H3/t24-,26+,27+,28+/m1/s1. The number of carbonyl (C=O) groups excluding carboxylic acids is 4. The molecule has 0 spiro atoms. The summed E-state index contributed by atoms with van der Waals surface area (Å²) in [4.78, 5) is 58.3. The predicted octanol–water partition coefficient (Wildman–Crippen LogP) is 4.84. The van der Waals surface area contributed by atoms with Gasteiger partial charge in [0.05, 0.1) is 42.3 Å². The van der Waals surface area contributed by atoms with Gasteiger partial charge in [0.25, 0.3) is 0 Å². The van der Waals surface area contributed by atoms with Crippen LogP contribution in [0.2, 0.25) is 0 Å². The average Bonchev–Trinajstić information content (AvgIpc) is 3.48. The number of hydrogen-bond acceptors (Lipinski definition) is 7. The molecule has 0 aromatic heterocycles. The van der Waals surface area contributed by atoms with Crippen molar-refractivity contribution in [3.8, 4) is 11.5 Å². The number of imide groups is 1. The highest BCUT2D eigenvalue weighted by Gasteiger charge is 2.63. The van der Waals surface area contributed by atoms with Crippen molar-refractivity contribution in [2.24, 2.45) is 11.8 Å². The Bertz CT molecular complexity index is 1630. The van der Waals surface area contributed by atoms with E-state index in [0.29, 0.717) is 38.4 Å². The van der Waals surface area contributed by atoms with Crippen LogP contribution in [0.3, 0.4) is 0 Å². The van der Waals surface area contributed by atoms with Gasteiger partial charge in [0.1, 0.15) is 17.5 Å². The minimum atomic E-state index is -0.953. The fourth-order valence-electron chi connectivity index (χ4n) is 5.93. The maximum atomic E-state index is 14.1. The third-order valence-corrected chi connectivity index (χ3v) is 8.50. The van der Waals surface area contributed by atoms with Crippen LogP contribution >= 0.6 is 15.9 Å². The molecule has 0 saturated carbocycles. The number of nitrogens with zero attached hydrogens (tertiary/aromatic N) is 2. The third-order valence-electron chi connectivity index (χ3n) is 7.88. The van der Waals surface area contributed by atoms with Crippen LogP contribution in [0, 0.1) is 11.8 Å². The number of benzene rings is 3. The van der Waals surface area contributed by atoms with Crippen LogP contribution in [0.25, 0.3) is 0 Å². The quantitative estimate of drug-likeness (QED) is 0.278. The SMILES string of the molecule is COc1ccc(N2C(=O)[C@@H]3[C@H](C2=O)[C@@H](C(=O)c2ccc(OC)c(Br)c2)N2C=CC(C(=O)c4ccccc4)=C[C@H]32)cc1. The molecule has 3 aromatic rings. The number of ether oxygens (including phenoxy) is 2. The maximum Gasteiger partial charge on any atom is 0.240 e. The van der Waals surface area contributed by atoms with E-state index in [-0.39, 0.29) is 11.6 Å². The number of fused-ring (bicyclic) bond motifs is 3. The van der Waals surface area contributed by atoms with Crippen molar-refractivity contribution in [1.82, 2.24) is 4.90 Å². The average molecular weight is 613 g/mol. The van der Waals surface area contributed by atoms with E-state index in [0.717, 1.165) is 4.90 Å². The topological polar surface area (TPSA) is 93.2 Å². The Morgan fingerprint density at radius 3 is 2.20 bits per heavy atom. The molecule has 4 atom stereocenters. The molecule has 2 fully saturated rings. The molecule has 0 radical (unpaired) electrons. The molecule has 206 valence electrons. The predicted molar refractivity (Wildman–Crippen MR) is 155 cm³/mol. The van der Waals surface area contributed by atoms with Crippen molar-refractivity contribution < 1.29 is 28.7 Å². The molecule has 3 aromatic carbocycles. The number of rotatable bonds is 7. The summed E-state index contributed by atoms with van der Waals surface area (Å²) in [7, 11) is 3.06. The van der Waals surface area contributed by atoms with Gasteiger partial charge in [0, 0.05) is 22.9 Å². The van der Waals surface area contributed by atoms with E-state index >= 15 is 0 Å². The summed E-state index contributed by atoms with van der Waals surface area (Å²) < 4.78 is 11.1. The smallest absolute Gasteiger partial charge is 0.240 e. The third kappa shape index (κ3) is 4.37. The van der Waals surface area contributed by atoms with Crippen molar-refractivity contribution in [3.63, 3.8) is 0 Å².